The van der Waals surface area contributed by atoms with Crippen molar-refractivity contribution in [2.75, 3.05) is 0 Å². The molecule has 1 unspecified atom stereocenters. The van der Waals surface area contributed by atoms with Gasteiger partial charge >= 0.3 is 18.9 Å². The smallest absolute Gasteiger partial charge is 1.00 e. The van der Waals surface area contributed by atoms with Crippen molar-refractivity contribution in [1.82, 2.24) is 0 Å². The molecule has 0 radical (unpaired) electrons. The summed E-state index contributed by atoms with van der Waals surface area (Å²) in [7, 11) is 0.567. The topological polar surface area (TPSA) is 17.1 Å². The van der Waals surface area contributed by atoms with Crippen LogP contribution >= 0.6 is 20.2 Å². The van der Waals surface area contributed by atoms with Crippen LogP contribution in [-0.2, 0) is 0 Å². The monoisotopic (exact) mass is 270 g/mol. The van der Waals surface area contributed by atoms with Crippen molar-refractivity contribution in [3.05, 3.63) is 58.6 Å². The van der Waals surface area contributed by atoms with Gasteiger partial charge in [-0.1, -0.05) is 56.6 Å². The average molecular weight is 271 g/mol. The molecule has 0 bridgehead atoms. The van der Waals surface area contributed by atoms with Crippen LogP contribution in [0.1, 0.15) is 17.3 Å². The second-order valence-corrected chi connectivity index (χ2v) is 5.61. The fraction of sp³-hybridized carbons (Fsp3) is 0.0714. The van der Waals surface area contributed by atoms with Crippen LogP contribution in [-0.4, -0.2) is 6.29 Å². The van der Waals surface area contributed by atoms with Crippen LogP contribution < -0.4 is 29.5 Å². The molecule has 1 nitrogen and oxygen atoms in total. The summed E-state index contributed by atoms with van der Waals surface area (Å²) in [6.07, 6.45) is 0.813. The fourth-order valence-electron chi connectivity index (χ4n) is 1.66. The van der Waals surface area contributed by atoms with Gasteiger partial charge in [0.1, 0.15) is 0 Å². The third-order valence-corrected chi connectivity index (χ3v) is 4.03. The summed E-state index contributed by atoms with van der Waals surface area (Å²) in [6.45, 7) is 1.91. The van der Waals surface area contributed by atoms with Gasteiger partial charge in [0, 0.05) is 5.56 Å². The summed E-state index contributed by atoms with van der Waals surface area (Å²) in [5.74, 6) is 0. The molecule has 0 heterocycles. The van der Waals surface area contributed by atoms with Crippen LogP contribution in [0.5, 0.6) is 0 Å². The van der Waals surface area contributed by atoms with E-state index in [9.17, 15) is 4.79 Å². The molecule has 88 valence electrons. The summed E-state index contributed by atoms with van der Waals surface area (Å²) in [5.41, 5.74) is 1.53. The molecule has 0 saturated carbocycles. The van der Waals surface area contributed by atoms with Crippen LogP contribution in [0.2, 0.25) is 5.02 Å². The molecule has 0 aliphatic rings. The molecule has 0 aliphatic carbocycles. The maximum absolute atomic E-state index is 10.8. The van der Waals surface area contributed by atoms with Gasteiger partial charge in [-0.3, -0.25) is 4.79 Å². The first-order valence-corrected chi connectivity index (χ1v) is 6.66. The van der Waals surface area contributed by atoms with Crippen molar-refractivity contribution < 1.29 is 25.1 Å². The molecular formula is C14H13ClLiOP. The van der Waals surface area contributed by atoms with Crippen molar-refractivity contribution in [2.24, 2.45) is 0 Å². The van der Waals surface area contributed by atoms with E-state index in [1.165, 1.54) is 5.30 Å². The number of rotatable bonds is 3. The van der Waals surface area contributed by atoms with E-state index >= 15 is 0 Å². The van der Waals surface area contributed by atoms with E-state index in [2.05, 4.69) is 12.1 Å². The number of hydrogen-bond donors (Lipinski definition) is 0. The van der Waals surface area contributed by atoms with Crippen molar-refractivity contribution in [2.45, 2.75) is 6.92 Å². The number of aryl methyl sites for hydroxylation is 1. The summed E-state index contributed by atoms with van der Waals surface area (Å²) in [4.78, 5) is 10.8. The van der Waals surface area contributed by atoms with Gasteiger partial charge in [-0.15, -0.1) is 0 Å². The van der Waals surface area contributed by atoms with Crippen molar-refractivity contribution in [3.63, 3.8) is 0 Å². The molecule has 0 saturated heterocycles. The zero-order valence-corrected chi connectivity index (χ0v) is 12.2. The summed E-state index contributed by atoms with van der Waals surface area (Å²) in [6, 6.07) is 14.1. The quantitative estimate of drug-likeness (QED) is 0.443. The maximum atomic E-state index is 10.8. The molecule has 0 spiro atoms. The Morgan fingerprint density at radius 3 is 2.39 bits per heavy atom. The van der Waals surface area contributed by atoms with Crippen LogP contribution in [0, 0.1) is 6.92 Å². The Kier molecular flexibility index (Phi) is 6.13. The van der Waals surface area contributed by atoms with Crippen LogP contribution in [0.15, 0.2) is 42.5 Å². The zero-order chi connectivity index (χ0) is 12.3. The molecule has 0 aromatic heterocycles. The van der Waals surface area contributed by atoms with Gasteiger partial charge in [-0.05, 0) is 29.2 Å². The number of carbonyl (C=O) groups is 1. The largest absolute Gasteiger partial charge is 1.00 e. The molecule has 2 aromatic carbocycles. The Morgan fingerprint density at radius 2 is 1.83 bits per heavy atom. The van der Waals surface area contributed by atoms with Crippen LogP contribution in [0.4, 0.5) is 0 Å². The fourth-order valence-corrected chi connectivity index (χ4v) is 3.27. The third-order valence-electron chi connectivity index (χ3n) is 2.52. The molecule has 0 aliphatic heterocycles. The molecule has 0 amide bonds. The van der Waals surface area contributed by atoms with Gasteiger partial charge in [0.05, 0.1) is 5.02 Å². The SMILES string of the molecule is Cc1cc(Pc2ccccc2)cc(Cl)c1C=O.[H-].[Li+]. The van der Waals surface area contributed by atoms with Gasteiger partial charge in [-0.2, -0.15) is 0 Å². The Bertz CT molecular complexity index is 525. The summed E-state index contributed by atoms with van der Waals surface area (Å²) in [5, 5.41) is 2.96. The number of halogens is 1. The second-order valence-electron chi connectivity index (χ2n) is 3.80. The first-order chi connectivity index (χ1) is 8.20. The Morgan fingerprint density at radius 1 is 1.17 bits per heavy atom. The van der Waals surface area contributed by atoms with E-state index in [4.69, 9.17) is 11.6 Å². The maximum Gasteiger partial charge on any atom is 1.00 e. The van der Waals surface area contributed by atoms with E-state index in [1.54, 1.807) is 0 Å². The third kappa shape index (κ3) is 3.71. The Balaban J connectivity index is 0.00000162. The molecule has 2 aromatic rings. The Labute approximate surface area is 127 Å². The molecule has 1 atom stereocenters. The van der Waals surface area contributed by atoms with E-state index < -0.39 is 0 Å². The summed E-state index contributed by atoms with van der Waals surface area (Å²) >= 11 is 6.07. The number of hydrogen-bond acceptors (Lipinski definition) is 1. The normalized spacial score (nSPS) is 10.3. The van der Waals surface area contributed by atoms with E-state index in [-0.39, 0.29) is 20.3 Å². The van der Waals surface area contributed by atoms with Gasteiger partial charge in [0.25, 0.3) is 0 Å². The Hall–Kier alpha value is -0.573. The average Bonchev–Trinajstić information content (AvgIpc) is 2.30. The second kappa shape index (κ2) is 7.12. The zero-order valence-electron chi connectivity index (χ0n) is 11.4. The molecular weight excluding hydrogens is 258 g/mol. The molecule has 4 heteroatoms. The van der Waals surface area contributed by atoms with Crippen LogP contribution in [0.25, 0.3) is 0 Å². The number of carbonyl (C=O) groups excluding carboxylic acids is 1. The summed E-state index contributed by atoms with van der Waals surface area (Å²) < 4.78 is 0. The molecule has 18 heavy (non-hydrogen) atoms. The van der Waals surface area contributed by atoms with Crippen molar-refractivity contribution >= 4 is 37.1 Å². The first kappa shape index (κ1) is 15.5. The minimum absolute atomic E-state index is 0. The minimum Gasteiger partial charge on any atom is -1.00 e. The van der Waals surface area contributed by atoms with Gasteiger partial charge in [-0.25, -0.2) is 0 Å². The molecule has 2 rings (SSSR count). The predicted molar refractivity (Wildman–Crippen MR) is 76.7 cm³/mol. The number of benzene rings is 2. The molecule has 0 N–H and O–H groups in total. The van der Waals surface area contributed by atoms with E-state index in [1.807, 2.05) is 37.3 Å². The molecule has 0 fully saturated rings. The van der Waals surface area contributed by atoms with Gasteiger partial charge in [0.15, 0.2) is 6.29 Å². The minimum atomic E-state index is 0. The number of aldehydes is 1. The van der Waals surface area contributed by atoms with Crippen molar-refractivity contribution in [3.8, 4) is 0 Å². The van der Waals surface area contributed by atoms with Crippen molar-refractivity contribution in [1.29, 1.82) is 0 Å². The predicted octanol–water partition coefficient (Wildman–Crippen LogP) is 0.207. The standard InChI is InChI=1S/C14H12ClOP.Li.H/c1-10-7-12(8-14(15)13(10)9-16)17-11-5-3-2-4-6-11;;/h2-9,17H,1H3;;/q;+1;-1. The van der Waals surface area contributed by atoms with Gasteiger partial charge < -0.3 is 1.43 Å². The van der Waals surface area contributed by atoms with E-state index in [0.29, 0.717) is 19.2 Å². The van der Waals surface area contributed by atoms with Gasteiger partial charge in [0.2, 0.25) is 0 Å². The van der Waals surface area contributed by atoms with E-state index in [0.717, 1.165) is 17.2 Å². The van der Waals surface area contributed by atoms with Crippen LogP contribution in [0.3, 0.4) is 0 Å². The first-order valence-electron chi connectivity index (χ1n) is 5.28.